The third kappa shape index (κ3) is 5.56. The smallest absolute Gasteiger partial charge is 0.330 e. The Morgan fingerprint density at radius 1 is 1.15 bits per heavy atom. The molecule has 0 spiro atoms. The largest absolute Gasteiger partial charge is 0.494 e. The quantitative estimate of drug-likeness (QED) is 0.425. The van der Waals surface area contributed by atoms with Crippen molar-refractivity contribution in [1.82, 2.24) is 14.5 Å². The number of ether oxygens (including phenoxy) is 1. The van der Waals surface area contributed by atoms with Crippen LogP contribution in [0, 0.1) is 0 Å². The maximum atomic E-state index is 13.5. The lowest BCUT2D eigenvalue weighted by Crippen LogP contribution is -2.41. The highest BCUT2D eigenvalue weighted by molar-refractivity contribution is 7.13. The predicted molar refractivity (Wildman–Crippen MR) is 136 cm³/mol. The first-order valence-electron chi connectivity index (χ1n) is 11.5. The molecule has 0 radical (unpaired) electrons. The fourth-order valence-electron chi connectivity index (χ4n) is 3.51. The molecule has 0 aliphatic carbocycles. The minimum Gasteiger partial charge on any atom is -0.494 e. The number of hydrogen-bond acceptors (Lipinski definition) is 7. The summed E-state index contributed by atoms with van der Waals surface area (Å²) in [5.41, 5.74) is 6.08. The van der Waals surface area contributed by atoms with Gasteiger partial charge in [-0.1, -0.05) is 26.7 Å². The zero-order valence-corrected chi connectivity index (χ0v) is 20.6. The van der Waals surface area contributed by atoms with Crippen LogP contribution in [0.5, 0.6) is 5.75 Å². The van der Waals surface area contributed by atoms with Crippen molar-refractivity contribution >= 4 is 28.7 Å². The van der Waals surface area contributed by atoms with Crippen LogP contribution in [0.3, 0.4) is 0 Å². The standard InChI is InChI=1S/C24H31N5O4S/c1-4-7-13-28(19-20(25)29(14-8-5-2)24(32)27-21(19)30)23(31)18-15-34-22(26-18)16-9-11-17(12-10-16)33-6-3/h9-12,15H,4-8,13-14,25H2,1-3H3,(H,27,30,32). The second-order valence-corrected chi connectivity index (χ2v) is 8.66. The molecule has 2 heterocycles. The van der Waals surface area contributed by atoms with Gasteiger partial charge in [-0.2, -0.15) is 0 Å². The molecule has 1 aromatic carbocycles. The van der Waals surface area contributed by atoms with Gasteiger partial charge in [-0.15, -0.1) is 11.3 Å². The molecule has 0 unspecified atom stereocenters. The maximum absolute atomic E-state index is 13.5. The second kappa shape index (κ2) is 11.6. The number of nitrogens with two attached hydrogens (primary N) is 1. The lowest BCUT2D eigenvalue weighted by atomic mass is 10.2. The first-order chi connectivity index (χ1) is 16.4. The van der Waals surface area contributed by atoms with E-state index < -0.39 is 17.2 Å². The predicted octanol–water partition coefficient (Wildman–Crippen LogP) is 3.89. The Labute approximate surface area is 202 Å². The van der Waals surface area contributed by atoms with Gasteiger partial charge in [0.25, 0.3) is 11.5 Å². The van der Waals surface area contributed by atoms with Crippen LogP contribution in [0.1, 0.15) is 56.9 Å². The Hall–Kier alpha value is -3.40. The van der Waals surface area contributed by atoms with Crippen LogP contribution in [-0.2, 0) is 6.54 Å². The molecule has 0 saturated carbocycles. The number of nitrogen functional groups attached to an aromatic ring is 1. The van der Waals surface area contributed by atoms with Gasteiger partial charge in [-0.05, 0) is 44.0 Å². The van der Waals surface area contributed by atoms with Gasteiger partial charge in [0.2, 0.25) is 0 Å². The van der Waals surface area contributed by atoms with Crippen LogP contribution < -0.4 is 26.6 Å². The van der Waals surface area contributed by atoms with Crippen LogP contribution in [0.2, 0.25) is 0 Å². The maximum Gasteiger partial charge on any atom is 0.330 e. The van der Waals surface area contributed by atoms with Crippen LogP contribution in [0.25, 0.3) is 10.6 Å². The van der Waals surface area contributed by atoms with E-state index in [9.17, 15) is 14.4 Å². The van der Waals surface area contributed by atoms with Crippen LogP contribution in [0.15, 0.2) is 39.2 Å². The molecule has 0 aliphatic heterocycles. The topological polar surface area (TPSA) is 123 Å². The summed E-state index contributed by atoms with van der Waals surface area (Å²) in [7, 11) is 0. The van der Waals surface area contributed by atoms with Gasteiger partial charge in [0.15, 0.2) is 5.69 Å². The summed E-state index contributed by atoms with van der Waals surface area (Å²) in [5.74, 6) is 0.325. The molecule has 10 heteroatoms. The molecular formula is C24H31N5O4S. The number of amides is 1. The number of aromatic amines is 1. The highest BCUT2D eigenvalue weighted by Gasteiger charge is 2.26. The molecule has 2 aromatic heterocycles. The number of nitrogens with one attached hydrogen (secondary N) is 1. The summed E-state index contributed by atoms with van der Waals surface area (Å²) in [6.07, 6.45) is 3.04. The number of carbonyl (C=O) groups is 1. The fraction of sp³-hybridized carbons (Fsp3) is 0.417. The summed E-state index contributed by atoms with van der Waals surface area (Å²) >= 11 is 1.34. The second-order valence-electron chi connectivity index (χ2n) is 7.80. The Bertz CT molecular complexity index is 1230. The van der Waals surface area contributed by atoms with E-state index >= 15 is 0 Å². The molecule has 34 heavy (non-hydrogen) atoms. The number of benzene rings is 1. The Kier molecular flexibility index (Phi) is 8.64. The van der Waals surface area contributed by atoms with Gasteiger partial charge in [0, 0.05) is 24.0 Å². The van der Waals surface area contributed by atoms with Crippen molar-refractivity contribution in [2.45, 2.75) is 53.0 Å². The number of aromatic nitrogens is 3. The highest BCUT2D eigenvalue weighted by atomic mass is 32.1. The lowest BCUT2D eigenvalue weighted by molar-refractivity contribution is 0.0982. The molecule has 9 nitrogen and oxygen atoms in total. The number of carbonyl (C=O) groups excluding carboxylic acids is 1. The van der Waals surface area contributed by atoms with Crippen molar-refractivity contribution in [1.29, 1.82) is 0 Å². The first-order valence-corrected chi connectivity index (χ1v) is 12.4. The molecule has 3 rings (SSSR count). The molecule has 3 N–H and O–H groups in total. The minimum absolute atomic E-state index is 0.00591. The summed E-state index contributed by atoms with van der Waals surface area (Å²) < 4.78 is 6.79. The number of hydrogen-bond donors (Lipinski definition) is 2. The molecule has 1 amide bonds. The molecule has 0 saturated heterocycles. The van der Waals surface area contributed by atoms with Gasteiger partial charge < -0.3 is 10.5 Å². The summed E-state index contributed by atoms with van der Waals surface area (Å²) in [6.45, 7) is 7.13. The van der Waals surface area contributed by atoms with E-state index in [0.29, 0.717) is 24.6 Å². The molecule has 3 aromatic rings. The van der Waals surface area contributed by atoms with Gasteiger partial charge in [0.1, 0.15) is 22.3 Å². The summed E-state index contributed by atoms with van der Waals surface area (Å²) in [6, 6.07) is 7.49. The minimum atomic E-state index is -0.679. The zero-order valence-electron chi connectivity index (χ0n) is 19.8. The van der Waals surface area contributed by atoms with Gasteiger partial charge in [-0.3, -0.25) is 24.0 Å². The normalized spacial score (nSPS) is 10.9. The zero-order chi connectivity index (χ0) is 24.7. The Morgan fingerprint density at radius 3 is 2.50 bits per heavy atom. The number of rotatable bonds is 11. The van der Waals surface area contributed by atoms with E-state index in [2.05, 4.69) is 9.97 Å². The number of thiazole rings is 1. The average molecular weight is 486 g/mol. The van der Waals surface area contributed by atoms with E-state index in [-0.39, 0.29) is 23.7 Å². The molecule has 182 valence electrons. The van der Waals surface area contributed by atoms with Crippen LogP contribution in [0.4, 0.5) is 11.5 Å². The van der Waals surface area contributed by atoms with Crippen molar-refractivity contribution in [3.63, 3.8) is 0 Å². The van der Waals surface area contributed by atoms with Crippen molar-refractivity contribution in [2.75, 3.05) is 23.8 Å². The molecule has 0 fully saturated rings. The number of H-pyrrole nitrogens is 1. The number of anilines is 2. The third-order valence-electron chi connectivity index (χ3n) is 5.34. The first kappa shape index (κ1) is 25.2. The number of nitrogens with zero attached hydrogens (tertiary/aromatic N) is 3. The van der Waals surface area contributed by atoms with E-state index in [1.807, 2.05) is 45.0 Å². The third-order valence-corrected chi connectivity index (χ3v) is 6.23. The fourth-order valence-corrected chi connectivity index (χ4v) is 4.31. The SMILES string of the molecule is CCCCN(C(=O)c1csc(-c2ccc(OCC)cc2)n1)c1c(N)n(CCCC)c(=O)[nH]c1=O. The summed E-state index contributed by atoms with van der Waals surface area (Å²) in [5, 5.41) is 2.35. The van der Waals surface area contributed by atoms with Crippen molar-refractivity contribution < 1.29 is 9.53 Å². The van der Waals surface area contributed by atoms with Crippen molar-refractivity contribution in [3.05, 3.63) is 56.2 Å². The van der Waals surface area contributed by atoms with Crippen LogP contribution >= 0.6 is 11.3 Å². The Morgan fingerprint density at radius 2 is 1.85 bits per heavy atom. The van der Waals surface area contributed by atoms with Crippen molar-refractivity contribution in [3.8, 4) is 16.3 Å². The average Bonchev–Trinajstić information content (AvgIpc) is 3.31. The highest BCUT2D eigenvalue weighted by Crippen LogP contribution is 2.27. The van der Waals surface area contributed by atoms with Gasteiger partial charge in [-0.25, -0.2) is 9.78 Å². The van der Waals surface area contributed by atoms with Gasteiger partial charge >= 0.3 is 5.69 Å². The molecule has 0 atom stereocenters. The van der Waals surface area contributed by atoms with E-state index in [4.69, 9.17) is 10.5 Å². The van der Waals surface area contributed by atoms with Gasteiger partial charge in [0.05, 0.1) is 6.61 Å². The Balaban J connectivity index is 1.97. The molecule has 0 bridgehead atoms. The number of unbranched alkanes of at least 4 members (excludes halogenated alkanes) is 2. The summed E-state index contributed by atoms with van der Waals surface area (Å²) in [4.78, 5) is 46.8. The van der Waals surface area contributed by atoms with Crippen molar-refractivity contribution in [2.24, 2.45) is 0 Å². The van der Waals surface area contributed by atoms with E-state index in [1.165, 1.54) is 20.8 Å². The van der Waals surface area contributed by atoms with E-state index in [0.717, 1.165) is 30.6 Å². The monoisotopic (exact) mass is 485 g/mol. The molecular weight excluding hydrogens is 454 g/mol. The van der Waals surface area contributed by atoms with E-state index in [1.54, 1.807) is 5.38 Å². The van der Waals surface area contributed by atoms with Crippen LogP contribution in [-0.4, -0.2) is 33.6 Å². The lowest BCUT2D eigenvalue weighted by Gasteiger charge is -2.23. The molecule has 0 aliphatic rings.